The zero-order valence-electron chi connectivity index (χ0n) is 9.69. The average molecular weight is 297 g/mol. The second-order valence-corrected chi connectivity index (χ2v) is 3.45. The zero-order chi connectivity index (χ0) is 13.0. The van der Waals surface area contributed by atoms with Gasteiger partial charge < -0.3 is 4.74 Å². The number of carbonyl (C=O) groups excluding carboxylic acids is 1. The Bertz CT molecular complexity index is 564. The van der Waals surface area contributed by atoms with Crippen LogP contribution in [0.15, 0.2) is 48.5 Å². The van der Waals surface area contributed by atoms with Crippen LogP contribution in [-0.2, 0) is 21.7 Å². The fourth-order valence-corrected chi connectivity index (χ4v) is 1.32. The van der Waals surface area contributed by atoms with Gasteiger partial charge in [-0.05, 0) is 24.3 Å². The molecule has 0 aliphatic heterocycles. The summed E-state index contributed by atoms with van der Waals surface area (Å²) >= 11 is 0. The van der Waals surface area contributed by atoms with Crippen molar-refractivity contribution in [1.82, 2.24) is 0 Å². The van der Waals surface area contributed by atoms with Crippen molar-refractivity contribution in [2.75, 3.05) is 5.32 Å². The molecule has 0 spiro atoms. The first kappa shape index (κ1) is 15.3. The number of amides is 1. The third kappa shape index (κ3) is 4.46. The summed E-state index contributed by atoms with van der Waals surface area (Å²) in [5.74, 6) is -1.24. The molecular formula is C13H9F2NO2Ti. The van der Waals surface area contributed by atoms with Gasteiger partial charge in [0.1, 0.15) is 17.4 Å². The number of para-hydroxylation sites is 1. The van der Waals surface area contributed by atoms with Crippen molar-refractivity contribution in [2.45, 2.75) is 0 Å². The fraction of sp³-hybridized carbons (Fsp3) is 0. The average Bonchev–Trinajstić information content (AvgIpc) is 2.34. The summed E-state index contributed by atoms with van der Waals surface area (Å²) in [6.45, 7) is 0. The fourth-order valence-electron chi connectivity index (χ4n) is 1.32. The van der Waals surface area contributed by atoms with Gasteiger partial charge in [0, 0.05) is 27.8 Å². The standard InChI is InChI=1S/C13H9F2NO2.Ti/c14-9-6-7-12(11(15)8-9)16-13(17)18-10-4-2-1-3-5-10;/h1-8H,(H,16,17);. The number of carbonyl (C=O) groups is 1. The van der Waals surface area contributed by atoms with E-state index in [1.54, 1.807) is 30.3 Å². The maximum atomic E-state index is 13.2. The molecule has 2 aromatic rings. The number of hydrogen-bond acceptors (Lipinski definition) is 2. The molecular weight excluding hydrogens is 288 g/mol. The number of halogens is 2. The zero-order valence-corrected chi connectivity index (χ0v) is 11.3. The van der Waals surface area contributed by atoms with Crippen LogP contribution in [0.1, 0.15) is 0 Å². The Kier molecular flexibility index (Phi) is 5.67. The molecule has 0 saturated carbocycles. The molecule has 0 radical (unpaired) electrons. The normalized spacial score (nSPS) is 9.37. The van der Waals surface area contributed by atoms with E-state index < -0.39 is 17.7 Å². The maximum absolute atomic E-state index is 13.2. The van der Waals surface area contributed by atoms with Crippen LogP contribution in [0.3, 0.4) is 0 Å². The molecule has 0 heterocycles. The number of rotatable bonds is 2. The maximum Gasteiger partial charge on any atom is 0.417 e. The summed E-state index contributed by atoms with van der Waals surface area (Å²) in [6.07, 6.45) is -0.841. The first-order valence-electron chi connectivity index (χ1n) is 5.14. The molecule has 1 N–H and O–H groups in total. The Morgan fingerprint density at radius 2 is 1.74 bits per heavy atom. The van der Waals surface area contributed by atoms with Gasteiger partial charge in [0.25, 0.3) is 0 Å². The van der Waals surface area contributed by atoms with Gasteiger partial charge in [0.2, 0.25) is 0 Å². The van der Waals surface area contributed by atoms with Crippen molar-refractivity contribution in [3.63, 3.8) is 0 Å². The van der Waals surface area contributed by atoms with Crippen molar-refractivity contribution in [3.05, 3.63) is 60.2 Å². The van der Waals surface area contributed by atoms with E-state index in [0.29, 0.717) is 11.8 Å². The molecule has 0 aliphatic rings. The Hall–Kier alpha value is -1.72. The van der Waals surface area contributed by atoms with E-state index in [9.17, 15) is 13.6 Å². The van der Waals surface area contributed by atoms with Crippen LogP contribution in [0.5, 0.6) is 5.75 Å². The predicted octanol–water partition coefficient (Wildman–Crippen LogP) is 3.57. The largest absolute Gasteiger partial charge is 0.417 e. The molecule has 1 amide bonds. The van der Waals surface area contributed by atoms with Crippen molar-refractivity contribution in [1.29, 1.82) is 0 Å². The number of hydrogen-bond donors (Lipinski definition) is 1. The van der Waals surface area contributed by atoms with Crippen molar-refractivity contribution in [3.8, 4) is 5.75 Å². The van der Waals surface area contributed by atoms with E-state index in [1.165, 1.54) is 0 Å². The van der Waals surface area contributed by atoms with Crippen molar-refractivity contribution in [2.24, 2.45) is 0 Å². The van der Waals surface area contributed by atoms with E-state index >= 15 is 0 Å². The van der Waals surface area contributed by atoms with Gasteiger partial charge in [-0.1, -0.05) is 18.2 Å². The summed E-state index contributed by atoms with van der Waals surface area (Å²) < 4.78 is 30.8. The molecule has 0 aliphatic carbocycles. The molecule has 19 heavy (non-hydrogen) atoms. The number of anilines is 1. The molecule has 3 nitrogen and oxygen atoms in total. The molecule has 2 rings (SSSR count). The second-order valence-electron chi connectivity index (χ2n) is 3.45. The Balaban J connectivity index is 0.00000180. The Morgan fingerprint density at radius 3 is 2.37 bits per heavy atom. The van der Waals surface area contributed by atoms with Crippen molar-refractivity contribution >= 4 is 11.8 Å². The van der Waals surface area contributed by atoms with Crippen LogP contribution >= 0.6 is 0 Å². The molecule has 0 aromatic heterocycles. The molecule has 96 valence electrons. The van der Waals surface area contributed by atoms with Crippen LogP contribution in [0.2, 0.25) is 0 Å². The van der Waals surface area contributed by atoms with Gasteiger partial charge in [-0.3, -0.25) is 5.32 Å². The smallest absolute Gasteiger partial charge is 0.410 e. The third-order valence-corrected chi connectivity index (χ3v) is 2.12. The van der Waals surface area contributed by atoms with E-state index in [2.05, 4.69) is 5.32 Å². The Labute approximate surface area is 123 Å². The number of benzene rings is 2. The van der Waals surface area contributed by atoms with Crippen LogP contribution < -0.4 is 10.1 Å². The number of ether oxygens (including phenoxy) is 1. The molecule has 0 fully saturated rings. The van der Waals surface area contributed by atoms with E-state index in [-0.39, 0.29) is 27.4 Å². The number of nitrogens with one attached hydrogen (secondary N) is 1. The minimum absolute atomic E-state index is 0. The molecule has 2 aromatic carbocycles. The van der Waals surface area contributed by atoms with Crippen LogP contribution in [0.4, 0.5) is 19.3 Å². The van der Waals surface area contributed by atoms with Gasteiger partial charge in [-0.2, -0.15) is 0 Å². The minimum Gasteiger partial charge on any atom is -0.410 e. The first-order valence-corrected chi connectivity index (χ1v) is 5.14. The van der Waals surface area contributed by atoms with E-state index in [4.69, 9.17) is 4.74 Å². The summed E-state index contributed by atoms with van der Waals surface area (Å²) in [6, 6.07) is 11.2. The van der Waals surface area contributed by atoms with Gasteiger partial charge >= 0.3 is 6.09 Å². The monoisotopic (exact) mass is 297 g/mol. The van der Waals surface area contributed by atoms with Crippen molar-refractivity contribution < 1.29 is 40.0 Å². The topological polar surface area (TPSA) is 38.3 Å². The summed E-state index contributed by atoms with van der Waals surface area (Å²) in [7, 11) is 0. The molecule has 6 heteroatoms. The first-order chi connectivity index (χ1) is 8.65. The summed E-state index contributed by atoms with van der Waals surface area (Å²) in [5.41, 5.74) is -0.141. The predicted molar refractivity (Wildman–Crippen MR) is 62.4 cm³/mol. The quantitative estimate of drug-likeness (QED) is 0.861. The van der Waals surface area contributed by atoms with Crippen LogP contribution in [-0.4, -0.2) is 6.09 Å². The van der Waals surface area contributed by atoms with Gasteiger partial charge in [0.15, 0.2) is 0 Å². The second kappa shape index (κ2) is 7.02. The summed E-state index contributed by atoms with van der Waals surface area (Å²) in [4.78, 5) is 11.4. The van der Waals surface area contributed by atoms with Crippen LogP contribution in [0.25, 0.3) is 0 Å². The third-order valence-electron chi connectivity index (χ3n) is 2.12. The Morgan fingerprint density at radius 1 is 1.05 bits per heavy atom. The van der Waals surface area contributed by atoms with Gasteiger partial charge in [0.05, 0.1) is 5.69 Å². The summed E-state index contributed by atoms with van der Waals surface area (Å²) in [5, 5.41) is 2.18. The molecule has 0 atom stereocenters. The van der Waals surface area contributed by atoms with E-state index in [1.807, 2.05) is 0 Å². The van der Waals surface area contributed by atoms with Gasteiger partial charge in [-0.25, -0.2) is 13.6 Å². The molecule has 0 bridgehead atoms. The van der Waals surface area contributed by atoms with Crippen LogP contribution in [0, 0.1) is 11.6 Å². The molecule has 0 saturated heterocycles. The minimum atomic E-state index is -0.861. The van der Waals surface area contributed by atoms with Gasteiger partial charge in [-0.15, -0.1) is 0 Å². The van der Waals surface area contributed by atoms with E-state index in [0.717, 1.165) is 12.1 Å². The SMILES string of the molecule is O=C(Nc1ccc(F)cc1F)Oc1ccccc1.[Ti]. The molecule has 0 unspecified atom stereocenters.